The van der Waals surface area contributed by atoms with E-state index in [2.05, 4.69) is 5.32 Å². The number of ether oxygens (including phenoxy) is 1. The van der Waals surface area contributed by atoms with Gasteiger partial charge < -0.3 is 10.1 Å². The number of thioether (sulfide) groups is 1. The van der Waals surface area contributed by atoms with E-state index in [9.17, 15) is 14.0 Å². The third-order valence-corrected chi connectivity index (χ3v) is 3.86. The Labute approximate surface area is 138 Å². The van der Waals surface area contributed by atoms with Gasteiger partial charge in [-0.1, -0.05) is 12.1 Å². The second kappa shape index (κ2) is 8.33. The molecule has 0 spiro atoms. The van der Waals surface area contributed by atoms with Crippen molar-refractivity contribution >= 4 is 29.3 Å². The Hall–Kier alpha value is -2.34. The van der Waals surface area contributed by atoms with E-state index in [1.165, 1.54) is 24.8 Å². The largest absolute Gasteiger partial charge is 0.427 e. The number of halogens is 1. The molecule has 120 valence electrons. The molecule has 1 N–H and O–H groups in total. The highest BCUT2D eigenvalue weighted by atomic mass is 32.2. The van der Waals surface area contributed by atoms with Crippen molar-refractivity contribution in [1.29, 1.82) is 0 Å². The number of amides is 1. The van der Waals surface area contributed by atoms with E-state index >= 15 is 0 Å². The van der Waals surface area contributed by atoms with Crippen molar-refractivity contribution in [3.05, 3.63) is 54.3 Å². The Kier molecular flexibility index (Phi) is 6.17. The lowest BCUT2D eigenvalue weighted by Gasteiger charge is -2.06. The molecular formula is C17H16FNO3S. The van der Waals surface area contributed by atoms with E-state index in [4.69, 9.17) is 4.74 Å². The number of carbonyl (C=O) groups is 2. The fourth-order valence-electron chi connectivity index (χ4n) is 1.80. The Morgan fingerprint density at radius 1 is 1.13 bits per heavy atom. The first-order chi connectivity index (χ1) is 11.0. The second-order valence-electron chi connectivity index (χ2n) is 4.71. The summed E-state index contributed by atoms with van der Waals surface area (Å²) in [4.78, 5) is 23.2. The highest BCUT2D eigenvalue weighted by molar-refractivity contribution is 7.99. The molecule has 0 bridgehead atoms. The maximum atomic E-state index is 13.4. The minimum Gasteiger partial charge on any atom is -0.427 e. The molecule has 0 heterocycles. The number of hydrogen-bond donors (Lipinski definition) is 1. The van der Waals surface area contributed by atoms with Crippen molar-refractivity contribution in [2.24, 2.45) is 0 Å². The summed E-state index contributed by atoms with van der Waals surface area (Å²) in [5, 5.41) is 2.62. The lowest BCUT2D eigenvalue weighted by molar-refractivity contribution is -0.133. The molecule has 0 aliphatic heterocycles. The summed E-state index contributed by atoms with van der Waals surface area (Å²) in [5.74, 6) is -0.00976. The van der Waals surface area contributed by atoms with Gasteiger partial charge in [-0.25, -0.2) is 4.39 Å². The quantitative estimate of drug-likeness (QED) is 0.495. The predicted molar refractivity (Wildman–Crippen MR) is 88.1 cm³/mol. The van der Waals surface area contributed by atoms with Crippen LogP contribution in [0.15, 0.2) is 53.4 Å². The third kappa shape index (κ3) is 5.75. The van der Waals surface area contributed by atoms with Crippen LogP contribution < -0.4 is 10.1 Å². The molecule has 0 fully saturated rings. The molecule has 0 radical (unpaired) electrons. The zero-order chi connectivity index (χ0) is 16.7. The normalized spacial score (nSPS) is 10.2. The van der Waals surface area contributed by atoms with Gasteiger partial charge in [0.15, 0.2) is 0 Å². The topological polar surface area (TPSA) is 55.4 Å². The van der Waals surface area contributed by atoms with E-state index in [0.29, 0.717) is 22.1 Å². The number of carbonyl (C=O) groups excluding carboxylic acids is 2. The molecule has 4 nitrogen and oxygen atoms in total. The summed E-state index contributed by atoms with van der Waals surface area (Å²) in [6.07, 6.45) is 0.173. The molecule has 2 aromatic rings. The van der Waals surface area contributed by atoms with Gasteiger partial charge in [0.2, 0.25) is 5.91 Å². The predicted octanol–water partition coefficient (Wildman–Crippen LogP) is 3.87. The second-order valence-corrected chi connectivity index (χ2v) is 5.85. The SMILES string of the molecule is CC(=O)Nc1ccc(OC(=O)CCSc2ccccc2F)cc1. The average molecular weight is 333 g/mol. The molecule has 0 unspecified atom stereocenters. The number of rotatable bonds is 6. The molecule has 0 aromatic heterocycles. The fraction of sp³-hybridized carbons (Fsp3) is 0.176. The summed E-state index contributed by atoms with van der Waals surface area (Å²) < 4.78 is 18.6. The molecule has 6 heteroatoms. The van der Waals surface area contributed by atoms with Crippen LogP contribution in [-0.4, -0.2) is 17.6 Å². The zero-order valence-corrected chi connectivity index (χ0v) is 13.4. The van der Waals surface area contributed by atoms with Gasteiger partial charge in [0.25, 0.3) is 0 Å². The summed E-state index contributed by atoms with van der Waals surface area (Å²) in [6.45, 7) is 1.42. The number of esters is 1. The maximum absolute atomic E-state index is 13.4. The molecule has 0 atom stereocenters. The Morgan fingerprint density at radius 2 is 1.83 bits per heavy atom. The summed E-state index contributed by atoms with van der Waals surface area (Å²) in [5.41, 5.74) is 0.632. The van der Waals surface area contributed by atoms with Crippen molar-refractivity contribution in [1.82, 2.24) is 0 Å². The molecule has 0 saturated heterocycles. The first-order valence-corrected chi connectivity index (χ1v) is 7.99. The van der Waals surface area contributed by atoms with Crippen LogP contribution in [0.3, 0.4) is 0 Å². The van der Waals surface area contributed by atoms with Gasteiger partial charge in [0.05, 0.1) is 6.42 Å². The van der Waals surface area contributed by atoms with Crippen LogP contribution in [0.5, 0.6) is 5.75 Å². The molecule has 0 aliphatic rings. The first-order valence-electron chi connectivity index (χ1n) is 7.00. The minimum absolute atomic E-state index is 0.167. The van der Waals surface area contributed by atoms with Crippen LogP contribution in [0.1, 0.15) is 13.3 Å². The van der Waals surface area contributed by atoms with Gasteiger partial charge in [-0.05, 0) is 36.4 Å². The summed E-state index contributed by atoms with van der Waals surface area (Å²) in [7, 11) is 0. The maximum Gasteiger partial charge on any atom is 0.312 e. The van der Waals surface area contributed by atoms with Gasteiger partial charge in [0, 0.05) is 23.3 Å². The molecular weight excluding hydrogens is 317 g/mol. The molecule has 23 heavy (non-hydrogen) atoms. The minimum atomic E-state index is -0.388. The molecule has 0 saturated carbocycles. The number of hydrogen-bond acceptors (Lipinski definition) is 4. The highest BCUT2D eigenvalue weighted by Gasteiger charge is 2.07. The summed E-state index contributed by atoms with van der Waals surface area (Å²) >= 11 is 1.27. The van der Waals surface area contributed by atoms with Crippen LogP contribution in [0.2, 0.25) is 0 Å². The van der Waals surface area contributed by atoms with Crippen LogP contribution in [-0.2, 0) is 9.59 Å². The lowest BCUT2D eigenvalue weighted by atomic mass is 10.3. The van der Waals surface area contributed by atoms with E-state index in [0.717, 1.165) is 0 Å². The van der Waals surface area contributed by atoms with Gasteiger partial charge in [0.1, 0.15) is 11.6 Å². The number of benzene rings is 2. The standard InChI is InChI=1S/C17H16FNO3S/c1-12(20)19-13-6-8-14(9-7-13)22-17(21)10-11-23-16-5-3-2-4-15(16)18/h2-9H,10-11H2,1H3,(H,19,20). The smallest absolute Gasteiger partial charge is 0.312 e. The van der Waals surface area contributed by atoms with E-state index in [-0.39, 0.29) is 24.1 Å². The molecule has 1 amide bonds. The molecule has 0 aliphatic carbocycles. The average Bonchev–Trinajstić information content (AvgIpc) is 2.51. The zero-order valence-electron chi connectivity index (χ0n) is 12.5. The Balaban J connectivity index is 1.78. The van der Waals surface area contributed by atoms with Gasteiger partial charge >= 0.3 is 5.97 Å². The van der Waals surface area contributed by atoms with Gasteiger partial charge in [-0.2, -0.15) is 0 Å². The van der Waals surface area contributed by atoms with Gasteiger partial charge in [-0.3, -0.25) is 9.59 Å². The first kappa shape index (κ1) is 17.0. The number of anilines is 1. The summed E-state index contributed by atoms with van der Waals surface area (Å²) in [6, 6.07) is 12.9. The van der Waals surface area contributed by atoms with E-state index in [1.54, 1.807) is 42.5 Å². The molecule has 2 aromatic carbocycles. The monoisotopic (exact) mass is 333 g/mol. The Morgan fingerprint density at radius 3 is 2.48 bits per heavy atom. The van der Waals surface area contributed by atoms with Crippen molar-refractivity contribution in [3.8, 4) is 5.75 Å². The fourth-order valence-corrected chi connectivity index (χ4v) is 2.67. The van der Waals surface area contributed by atoms with E-state index in [1.807, 2.05) is 0 Å². The van der Waals surface area contributed by atoms with Crippen LogP contribution in [0.25, 0.3) is 0 Å². The highest BCUT2D eigenvalue weighted by Crippen LogP contribution is 2.22. The molecule has 2 rings (SSSR count). The van der Waals surface area contributed by atoms with Crippen molar-refractivity contribution < 1.29 is 18.7 Å². The number of nitrogens with one attached hydrogen (secondary N) is 1. The lowest BCUT2D eigenvalue weighted by Crippen LogP contribution is -2.09. The van der Waals surface area contributed by atoms with Crippen LogP contribution in [0.4, 0.5) is 10.1 Å². The van der Waals surface area contributed by atoms with Crippen molar-refractivity contribution in [2.45, 2.75) is 18.2 Å². The van der Waals surface area contributed by atoms with Crippen LogP contribution in [0, 0.1) is 5.82 Å². The third-order valence-electron chi connectivity index (χ3n) is 2.81. The van der Waals surface area contributed by atoms with Crippen molar-refractivity contribution in [2.75, 3.05) is 11.1 Å². The van der Waals surface area contributed by atoms with E-state index < -0.39 is 0 Å². The Bertz CT molecular complexity index is 688. The van der Waals surface area contributed by atoms with Crippen LogP contribution >= 0.6 is 11.8 Å². The van der Waals surface area contributed by atoms with Crippen molar-refractivity contribution in [3.63, 3.8) is 0 Å². The van der Waals surface area contributed by atoms with Gasteiger partial charge in [-0.15, -0.1) is 11.8 Å².